The zero-order chi connectivity index (χ0) is 10.7. The molecule has 0 bridgehead atoms. The number of ether oxygens (including phenoxy) is 1. The molecule has 0 amide bonds. The van der Waals surface area contributed by atoms with Gasteiger partial charge >= 0.3 is 0 Å². The highest BCUT2D eigenvalue weighted by molar-refractivity contribution is 5.75. The average molecular weight is 209 g/mol. The van der Waals surface area contributed by atoms with E-state index in [1.807, 2.05) is 0 Å². The number of nitrogens with two attached hydrogens (primary N) is 1. The molecule has 1 aromatic carbocycles. The largest absolute Gasteiger partial charge is 0.465 e. The first-order valence-corrected chi connectivity index (χ1v) is 4.78. The molecule has 3 N–H and O–H groups in total. The van der Waals surface area contributed by atoms with Gasteiger partial charge in [0.05, 0.1) is 17.6 Å². The number of H-pyrrole nitrogens is 1. The third-order valence-corrected chi connectivity index (χ3v) is 2.01. The number of rotatable bonds is 4. The van der Waals surface area contributed by atoms with E-state index in [1.165, 1.54) is 12.1 Å². The normalized spacial score (nSPS) is 10.8. The molecule has 15 heavy (non-hydrogen) atoms. The molecule has 2 aromatic rings. The van der Waals surface area contributed by atoms with Crippen LogP contribution in [0.25, 0.3) is 11.0 Å². The Hall–Kier alpha value is -1.62. The predicted octanol–water partition coefficient (Wildman–Crippen LogP) is 1.43. The molecule has 0 radical (unpaired) electrons. The van der Waals surface area contributed by atoms with Gasteiger partial charge < -0.3 is 15.5 Å². The minimum Gasteiger partial charge on any atom is -0.465 e. The van der Waals surface area contributed by atoms with Crippen molar-refractivity contribution in [3.05, 3.63) is 24.0 Å². The third kappa shape index (κ3) is 2.24. The number of hydrogen-bond acceptors (Lipinski definition) is 3. The van der Waals surface area contributed by atoms with Crippen LogP contribution in [0, 0.1) is 5.82 Å². The smallest absolute Gasteiger partial charge is 0.294 e. The molecule has 80 valence electrons. The van der Waals surface area contributed by atoms with E-state index in [1.54, 1.807) is 6.07 Å². The van der Waals surface area contributed by atoms with Gasteiger partial charge in [-0.15, -0.1) is 0 Å². The Kier molecular flexibility index (Phi) is 2.82. The molecule has 0 saturated heterocycles. The molecular weight excluding hydrogens is 197 g/mol. The van der Waals surface area contributed by atoms with Gasteiger partial charge in [0.1, 0.15) is 5.82 Å². The van der Waals surface area contributed by atoms with Crippen LogP contribution in [0.4, 0.5) is 4.39 Å². The minimum absolute atomic E-state index is 0.292. The number of fused-ring (bicyclic) bond motifs is 1. The first-order valence-electron chi connectivity index (χ1n) is 4.78. The molecule has 2 rings (SSSR count). The van der Waals surface area contributed by atoms with Crippen molar-refractivity contribution in [2.75, 3.05) is 13.2 Å². The summed E-state index contributed by atoms with van der Waals surface area (Å²) in [7, 11) is 0. The third-order valence-electron chi connectivity index (χ3n) is 2.01. The van der Waals surface area contributed by atoms with Gasteiger partial charge in [0.2, 0.25) is 0 Å². The van der Waals surface area contributed by atoms with Gasteiger partial charge in [-0.1, -0.05) is 0 Å². The number of nitrogens with one attached hydrogen (secondary N) is 1. The molecule has 1 aromatic heterocycles. The fourth-order valence-corrected chi connectivity index (χ4v) is 1.28. The lowest BCUT2D eigenvalue weighted by molar-refractivity contribution is 0.293. The zero-order valence-corrected chi connectivity index (χ0v) is 8.16. The van der Waals surface area contributed by atoms with Crippen molar-refractivity contribution >= 4 is 11.0 Å². The molecule has 0 saturated carbocycles. The summed E-state index contributed by atoms with van der Waals surface area (Å²) < 4.78 is 18.1. The maximum absolute atomic E-state index is 12.8. The van der Waals surface area contributed by atoms with Crippen LogP contribution in [0.2, 0.25) is 0 Å². The lowest BCUT2D eigenvalue weighted by Gasteiger charge is -1.98. The van der Waals surface area contributed by atoms with E-state index >= 15 is 0 Å². The van der Waals surface area contributed by atoms with Gasteiger partial charge in [-0.05, 0) is 31.2 Å². The maximum atomic E-state index is 12.8. The van der Waals surface area contributed by atoms with E-state index in [2.05, 4.69) is 9.97 Å². The van der Waals surface area contributed by atoms with Crippen LogP contribution in [0.15, 0.2) is 18.2 Å². The monoisotopic (exact) mass is 209 g/mol. The van der Waals surface area contributed by atoms with Crippen LogP contribution in [0.3, 0.4) is 0 Å². The van der Waals surface area contributed by atoms with E-state index in [0.29, 0.717) is 30.2 Å². The van der Waals surface area contributed by atoms with Crippen molar-refractivity contribution in [2.45, 2.75) is 6.42 Å². The lowest BCUT2D eigenvalue weighted by Crippen LogP contribution is -2.06. The average Bonchev–Trinajstić information content (AvgIpc) is 2.60. The molecule has 0 atom stereocenters. The second kappa shape index (κ2) is 4.27. The molecule has 0 aliphatic heterocycles. The number of benzene rings is 1. The number of aromatic nitrogens is 2. The first kappa shape index (κ1) is 9.92. The summed E-state index contributed by atoms with van der Waals surface area (Å²) in [5.41, 5.74) is 6.66. The van der Waals surface area contributed by atoms with E-state index in [9.17, 15) is 4.39 Å². The summed E-state index contributed by atoms with van der Waals surface area (Å²) in [4.78, 5) is 7.02. The molecule has 0 unspecified atom stereocenters. The standard InChI is InChI=1S/C10H12FN3O/c11-7-2-3-8-9(6-7)14-10(13-8)15-5-1-4-12/h2-3,6H,1,4-5,12H2,(H,13,14). The SMILES string of the molecule is NCCCOc1nc2ccc(F)cc2[nH]1. The minimum atomic E-state index is -0.292. The number of hydrogen-bond donors (Lipinski definition) is 2. The van der Waals surface area contributed by atoms with Crippen LogP contribution in [-0.4, -0.2) is 23.1 Å². The molecular formula is C10H12FN3O. The zero-order valence-electron chi connectivity index (χ0n) is 8.16. The lowest BCUT2D eigenvalue weighted by atomic mass is 10.3. The quantitative estimate of drug-likeness (QED) is 0.749. The van der Waals surface area contributed by atoms with Crippen LogP contribution in [-0.2, 0) is 0 Å². The van der Waals surface area contributed by atoms with Crippen molar-refractivity contribution in [1.82, 2.24) is 9.97 Å². The molecule has 0 aliphatic carbocycles. The molecule has 0 aliphatic rings. The molecule has 0 spiro atoms. The van der Waals surface area contributed by atoms with E-state index in [4.69, 9.17) is 10.5 Å². The van der Waals surface area contributed by atoms with Crippen molar-refractivity contribution in [3.63, 3.8) is 0 Å². The van der Waals surface area contributed by atoms with Crippen molar-refractivity contribution in [3.8, 4) is 6.01 Å². The van der Waals surface area contributed by atoms with Gasteiger partial charge in [0.15, 0.2) is 0 Å². The Bertz CT molecular complexity index is 455. The molecule has 0 fully saturated rings. The molecule has 4 nitrogen and oxygen atoms in total. The van der Waals surface area contributed by atoms with Crippen molar-refractivity contribution < 1.29 is 9.13 Å². The molecule has 1 heterocycles. The number of nitrogens with zero attached hydrogens (tertiary/aromatic N) is 1. The molecule has 5 heteroatoms. The van der Waals surface area contributed by atoms with E-state index < -0.39 is 0 Å². The van der Waals surface area contributed by atoms with Gasteiger partial charge in [-0.25, -0.2) is 4.39 Å². The fourth-order valence-electron chi connectivity index (χ4n) is 1.28. The van der Waals surface area contributed by atoms with Crippen LogP contribution in [0.5, 0.6) is 6.01 Å². The van der Waals surface area contributed by atoms with Gasteiger partial charge in [0.25, 0.3) is 6.01 Å². The number of imidazole rings is 1. The van der Waals surface area contributed by atoms with Crippen LogP contribution >= 0.6 is 0 Å². The first-order chi connectivity index (χ1) is 7.29. The highest BCUT2D eigenvalue weighted by atomic mass is 19.1. The predicted molar refractivity (Wildman–Crippen MR) is 55.2 cm³/mol. The van der Waals surface area contributed by atoms with Crippen LogP contribution < -0.4 is 10.5 Å². The van der Waals surface area contributed by atoms with Crippen molar-refractivity contribution in [2.24, 2.45) is 5.73 Å². The number of aromatic amines is 1. The van der Waals surface area contributed by atoms with Gasteiger partial charge in [-0.2, -0.15) is 4.98 Å². The van der Waals surface area contributed by atoms with Gasteiger partial charge in [0, 0.05) is 0 Å². The number of halogens is 1. The Morgan fingerprint density at radius 1 is 1.47 bits per heavy atom. The van der Waals surface area contributed by atoms with Gasteiger partial charge in [-0.3, -0.25) is 0 Å². The maximum Gasteiger partial charge on any atom is 0.294 e. The summed E-state index contributed by atoms with van der Waals surface area (Å²) >= 11 is 0. The second-order valence-electron chi connectivity index (χ2n) is 3.19. The summed E-state index contributed by atoms with van der Waals surface area (Å²) in [6, 6.07) is 4.77. The topological polar surface area (TPSA) is 63.9 Å². The Labute approximate surface area is 86.3 Å². The summed E-state index contributed by atoms with van der Waals surface area (Å²) in [6.45, 7) is 1.09. The van der Waals surface area contributed by atoms with E-state index in [-0.39, 0.29) is 5.82 Å². The Morgan fingerprint density at radius 3 is 3.13 bits per heavy atom. The second-order valence-corrected chi connectivity index (χ2v) is 3.19. The fraction of sp³-hybridized carbons (Fsp3) is 0.300. The summed E-state index contributed by atoms with van der Waals surface area (Å²) in [6.07, 6.45) is 0.769. The highest BCUT2D eigenvalue weighted by Gasteiger charge is 2.03. The summed E-state index contributed by atoms with van der Waals surface area (Å²) in [5.74, 6) is -0.292. The van der Waals surface area contributed by atoms with Crippen molar-refractivity contribution in [1.29, 1.82) is 0 Å². The van der Waals surface area contributed by atoms with Crippen LogP contribution in [0.1, 0.15) is 6.42 Å². The summed E-state index contributed by atoms with van der Waals surface area (Å²) in [5, 5.41) is 0. The Morgan fingerprint density at radius 2 is 2.33 bits per heavy atom. The highest BCUT2D eigenvalue weighted by Crippen LogP contribution is 2.16. The Balaban J connectivity index is 2.16. The van der Waals surface area contributed by atoms with E-state index in [0.717, 1.165) is 6.42 Å².